The number of aliphatic hydroxyl groups is 2. The Hall–Kier alpha value is -0.510. The fourth-order valence-electron chi connectivity index (χ4n) is 4.16. The third-order valence-corrected chi connectivity index (χ3v) is 5.80. The smallest absolute Gasteiger partial charge is 0.155 e. The Labute approximate surface area is 140 Å². The van der Waals surface area contributed by atoms with E-state index in [1.54, 1.807) is 0 Å². The molecule has 5 heteroatoms. The second kappa shape index (κ2) is 8.04. The molecule has 1 saturated heterocycles. The molecule has 1 aliphatic heterocycles. The third-order valence-electron chi connectivity index (χ3n) is 5.41. The van der Waals surface area contributed by atoms with E-state index in [9.17, 15) is 10.2 Å². The summed E-state index contributed by atoms with van der Waals surface area (Å²) in [5, 5.41) is 19.9. The Bertz CT molecular complexity index is 483. The molecule has 0 radical (unpaired) electrons. The zero-order valence-electron chi connectivity index (χ0n) is 13.4. The number of hydrogen-bond acceptors (Lipinski definition) is 4. The number of rotatable bonds is 7. The Balaban J connectivity index is 1.47. The molecule has 2 fully saturated rings. The lowest BCUT2D eigenvalue weighted by molar-refractivity contribution is -0.0951. The van der Waals surface area contributed by atoms with Gasteiger partial charge >= 0.3 is 0 Å². The maximum atomic E-state index is 10.3. The molecule has 3 rings (SSSR count). The van der Waals surface area contributed by atoms with E-state index in [4.69, 9.17) is 9.26 Å². The molecular formula is C18H27O4P. The molecule has 1 aromatic rings. The minimum absolute atomic E-state index is 0.0321. The standard InChI is InChI=1S/C18H27O4P/c19-16-11-17-15(10-18(20)21-17)14(16)9-8-13(22-23)7-6-12-4-2-1-3-5-12/h1-5,13-20H,6-11,23H2/t13-,14+,15+,16+,17-,18?/m0/s1. The summed E-state index contributed by atoms with van der Waals surface area (Å²) in [6.45, 7) is 0. The first-order valence-electron chi connectivity index (χ1n) is 8.58. The van der Waals surface area contributed by atoms with Gasteiger partial charge in [0.05, 0.1) is 18.3 Å². The first-order chi connectivity index (χ1) is 11.2. The molecule has 0 amide bonds. The molecule has 2 aliphatic rings. The topological polar surface area (TPSA) is 58.9 Å². The lowest BCUT2D eigenvalue weighted by Gasteiger charge is -2.23. The Kier molecular flexibility index (Phi) is 6.06. The van der Waals surface area contributed by atoms with Gasteiger partial charge in [0.15, 0.2) is 6.29 Å². The van der Waals surface area contributed by atoms with Crippen molar-refractivity contribution >= 4 is 9.47 Å². The molecular weight excluding hydrogens is 311 g/mol. The van der Waals surface area contributed by atoms with E-state index in [0.29, 0.717) is 18.8 Å². The van der Waals surface area contributed by atoms with Crippen LogP contribution < -0.4 is 0 Å². The van der Waals surface area contributed by atoms with Gasteiger partial charge in [-0.25, -0.2) is 0 Å². The van der Waals surface area contributed by atoms with E-state index < -0.39 is 6.29 Å². The van der Waals surface area contributed by atoms with Gasteiger partial charge in [-0.2, -0.15) is 0 Å². The van der Waals surface area contributed by atoms with Crippen LogP contribution in [0, 0.1) is 11.8 Å². The molecule has 0 spiro atoms. The molecule has 23 heavy (non-hydrogen) atoms. The van der Waals surface area contributed by atoms with Crippen molar-refractivity contribution in [2.45, 2.75) is 63.1 Å². The highest BCUT2D eigenvalue weighted by atomic mass is 31.0. The molecule has 7 atom stereocenters. The normalized spacial score (nSPS) is 34.5. The minimum atomic E-state index is -0.646. The summed E-state index contributed by atoms with van der Waals surface area (Å²) in [6.07, 6.45) is 4.40. The fourth-order valence-corrected chi connectivity index (χ4v) is 4.43. The van der Waals surface area contributed by atoms with Crippen LogP contribution >= 0.6 is 9.47 Å². The van der Waals surface area contributed by atoms with Crippen LogP contribution in [-0.2, 0) is 15.7 Å². The SMILES string of the molecule is OC1C[C@@H]2[C@@H](CC[C@H](CCc3ccccc3)OP)[C@H](O)C[C@@H]2O1. The molecule has 128 valence electrons. The maximum absolute atomic E-state index is 10.3. The van der Waals surface area contributed by atoms with E-state index in [2.05, 4.69) is 33.7 Å². The minimum Gasteiger partial charge on any atom is -0.393 e. The van der Waals surface area contributed by atoms with Gasteiger partial charge in [-0.1, -0.05) is 30.3 Å². The van der Waals surface area contributed by atoms with Gasteiger partial charge in [0.1, 0.15) is 0 Å². The molecule has 1 saturated carbocycles. The largest absolute Gasteiger partial charge is 0.393 e. The Morgan fingerprint density at radius 1 is 1.17 bits per heavy atom. The molecule has 2 unspecified atom stereocenters. The first kappa shape index (κ1) is 17.3. The van der Waals surface area contributed by atoms with E-state index in [-0.39, 0.29) is 24.2 Å². The molecule has 1 aliphatic carbocycles. The summed E-state index contributed by atoms with van der Waals surface area (Å²) in [5.41, 5.74) is 1.33. The van der Waals surface area contributed by atoms with Crippen molar-refractivity contribution in [2.24, 2.45) is 11.8 Å². The highest BCUT2D eigenvalue weighted by molar-refractivity contribution is 7.09. The number of hydrogen-bond donors (Lipinski definition) is 2. The molecule has 4 nitrogen and oxygen atoms in total. The van der Waals surface area contributed by atoms with Crippen LogP contribution in [0.15, 0.2) is 30.3 Å². The Morgan fingerprint density at radius 3 is 2.70 bits per heavy atom. The average molecular weight is 338 g/mol. The van der Waals surface area contributed by atoms with Gasteiger partial charge in [0.25, 0.3) is 0 Å². The zero-order chi connectivity index (χ0) is 16.2. The van der Waals surface area contributed by atoms with E-state index in [1.807, 2.05) is 6.07 Å². The highest BCUT2D eigenvalue weighted by Crippen LogP contribution is 2.45. The summed E-state index contributed by atoms with van der Waals surface area (Å²) >= 11 is 0. The van der Waals surface area contributed by atoms with Crippen molar-refractivity contribution in [1.82, 2.24) is 0 Å². The number of aryl methyl sites for hydroxylation is 1. The number of aliphatic hydroxyl groups excluding tert-OH is 2. The first-order valence-corrected chi connectivity index (χ1v) is 9.05. The van der Waals surface area contributed by atoms with Crippen LogP contribution in [0.1, 0.15) is 37.7 Å². The number of benzene rings is 1. The van der Waals surface area contributed by atoms with Crippen LogP contribution in [0.2, 0.25) is 0 Å². The van der Waals surface area contributed by atoms with Crippen LogP contribution in [0.5, 0.6) is 0 Å². The monoisotopic (exact) mass is 338 g/mol. The van der Waals surface area contributed by atoms with Crippen LogP contribution in [0.4, 0.5) is 0 Å². The Morgan fingerprint density at radius 2 is 1.96 bits per heavy atom. The summed E-state index contributed by atoms with van der Waals surface area (Å²) in [5.74, 6) is 0.510. The summed E-state index contributed by atoms with van der Waals surface area (Å²) in [6, 6.07) is 10.4. The fraction of sp³-hybridized carbons (Fsp3) is 0.667. The number of fused-ring (bicyclic) bond motifs is 1. The molecule has 2 N–H and O–H groups in total. The third kappa shape index (κ3) is 4.32. The van der Waals surface area contributed by atoms with Gasteiger partial charge in [-0.15, -0.1) is 0 Å². The summed E-state index contributed by atoms with van der Waals surface area (Å²) in [4.78, 5) is 0. The lowest BCUT2D eigenvalue weighted by Crippen LogP contribution is -2.23. The maximum Gasteiger partial charge on any atom is 0.155 e. The average Bonchev–Trinajstić information content (AvgIpc) is 3.04. The van der Waals surface area contributed by atoms with Crippen molar-refractivity contribution in [2.75, 3.05) is 0 Å². The van der Waals surface area contributed by atoms with E-state index >= 15 is 0 Å². The second-order valence-electron chi connectivity index (χ2n) is 6.86. The quantitative estimate of drug-likeness (QED) is 0.751. The summed E-state index contributed by atoms with van der Waals surface area (Å²) < 4.78 is 11.0. The van der Waals surface area contributed by atoms with Gasteiger partial charge in [0.2, 0.25) is 0 Å². The van der Waals surface area contributed by atoms with Crippen molar-refractivity contribution in [3.8, 4) is 0 Å². The van der Waals surface area contributed by atoms with Crippen molar-refractivity contribution in [1.29, 1.82) is 0 Å². The highest BCUT2D eigenvalue weighted by Gasteiger charge is 2.48. The predicted molar refractivity (Wildman–Crippen MR) is 91.7 cm³/mol. The summed E-state index contributed by atoms with van der Waals surface area (Å²) in [7, 11) is 2.38. The molecule has 1 heterocycles. The molecule has 1 aromatic carbocycles. The van der Waals surface area contributed by atoms with Crippen LogP contribution in [-0.4, -0.2) is 34.8 Å². The predicted octanol–water partition coefficient (Wildman–Crippen LogP) is 2.68. The zero-order valence-corrected chi connectivity index (χ0v) is 14.5. The molecule has 0 bridgehead atoms. The van der Waals surface area contributed by atoms with Gasteiger partial charge < -0.3 is 19.5 Å². The van der Waals surface area contributed by atoms with Gasteiger partial charge in [-0.05, 0) is 43.1 Å². The second-order valence-corrected chi connectivity index (χ2v) is 7.13. The molecule has 0 aromatic heterocycles. The van der Waals surface area contributed by atoms with E-state index in [0.717, 1.165) is 25.7 Å². The van der Waals surface area contributed by atoms with Crippen LogP contribution in [0.3, 0.4) is 0 Å². The van der Waals surface area contributed by atoms with E-state index in [1.165, 1.54) is 5.56 Å². The van der Waals surface area contributed by atoms with Crippen LogP contribution in [0.25, 0.3) is 0 Å². The number of ether oxygens (including phenoxy) is 1. The van der Waals surface area contributed by atoms with Crippen molar-refractivity contribution in [3.63, 3.8) is 0 Å². The van der Waals surface area contributed by atoms with Gasteiger partial charge in [-0.3, -0.25) is 0 Å². The van der Waals surface area contributed by atoms with Gasteiger partial charge in [0, 0.05) is 22.3 Å². The van der Waals surface area contributed by atoms with Crippen molar-refractivity contribution in [3.05, 3.63) is 35.9 Å². The van der Waals surface area contributed by atoms with Crippen molar-refractivity contribution < 1.29 is 19.5 Å². The lowest BCUT2D eigenvalue weighted by atomic mass is 9.86.